The Morgan fingerprint density at radius 2 is 0.695 bits per heavy atom. The van der Waals surface area contributed by atoms with Crippen molar-refractivity contribution in [3.63, 3.8) is 0 Å². The number of likely N-dealkylation sites (tertiary alicyclic amines) is 1. The molecule has 2 rings (SSSR count). The fraction of sp³-hybridized carbons (Fsp3) is 0.934. The van der Waals surface area contributed by atoms with Gasteiger partial charge in [-0.1, -0.05) is 357 Å². The monoisotopic (exact) mass is 1480 g/mol. The number of amides is 2. The van der Waals surface area contributed by atoms with Crippen molar-refractivity contribution >= 4 is 35.7 Å². The average molecular weight is 1480 g/mol. The predicted molar refractivity (Wildman–Crippen MR) is 435 cm³/mol. The number of carbonyl (C=O) groups is 6. The lowest BCUT2D eigenvalue weighted by Gasteiger charge is -2.45. The Morgan fingerprint density at radius 3 is 1.03 bits per heavy atom. The summed E-state index contributed by atoms with van der Waals surface area (Å²) < 4.78 is 32.4. The normalized spacial score (nSPS) is 18.3. The summed E-state index contributed by atoms with van der Waals surface area (Å²) in [7, 11) is 0. The van der Waals surface area contributed by atoms with Crippen LogP contribution in [0.1, 0.15) is 472 Å². The van der Waals surface area contributed by atoms with Gasteiger partial charge >= 0.3 is 23.9 Å². The highest BCUT2D eigenvalue weighted by Gasteiger charge is 2.47. The van der Waals surface area contributed by atoms with Crippen LogP contribution < -0.4 is 5.32 Å². The molecule has 0 aromatic rings. The van der Waals surface area contributed by atoms with Crippen LogP contribution in [0.3, 0.4) is 0 Å². The number of aliphatic hydroxyl groups is 1. The van der Waals surface area contributed by atoms with Gasteiger partial charge in [-0.2, -0.15) is 0 Å². The first kappa shape index (κ1) is 97.8. The number of hydrogen-bond acceptors (Lipinski definition) is 12. The van der Waals surface area contributed by atoms with E-state index in [0.29, 0.717) is 57.9 Å². The van der Waals surface area contributed by atoms with Crippen molar-refractivity contribution in [3.8, 4) is 0 Å². The molecule has 105 heavy (non-hydrogen) atoms. The van der Waals surface area contributed by atoms with Crippen molar-refractivity contribution in [2.45, 2.75) is 515 Å². The fourth-order valence-corrected chi connectivity index (χ4v) is 16.1. The molecule has 0 aromatic carbocycles. The number of rotatable bonds is 75. The van der Waals surface area contributed by atoms with Crippen molar-refractivity contribution in [1.82, 2.24) is 10.2 Å². The maximum absolute atomic E-state index is 15.0. The van der Waals surface area contributed by atoms with E-state index >= 15 is 0 Å². The second-order valence-corrected chi connectivity index (χ2v) is 32.9. The summed E-state index contributed by atoms with van der Waals surface area (Å²) >= 11 is 0. The maximum Gasteiger partial charge on any atom is 0.309 e. The Kier molecular flexibility index (Phi) is 65.1. The van der Waals surface area contributed by atoms with E-state index in [2.05, 4.69) is 46.9 Å². The zero-order valence-corrected chi connectivity index (χ0v) is 69.9. The highest BCUT2D eigenvalue weighted by atomic mass is 16.6. The van der Waals surface area contributed by atoms with Gasteiger partial charge in [0.25, 0.3) is 0 Å². The van der Waals surface area contributed by atoms with E-state index in [1.165, 1.54) is 218 Å². The molecule has 14 heteroatoms. The zero-order chi connectivity index (χ0) is 76.3. The molecular formula is C91H170N2O12. The van der Waals surface area contributed by atoms with Gasteiger partial charge in [-0.25, -0.2) is 0 Å². The lowest BCUT2D eigenvalue weighted by Crippen LogP contribution is -2.61. The fourth-order valence-electron chi connectivity index (χ4n) is 16.1. The van der Waals surface area contributed by atoms with E-state index in [9.17, 15) is 33.9 Å². The minimum absolute atomic E-state index is 0.0590. The predicted octanol–water partition coefficient (Wildman–Crippen LogP) is 24.8. The van der Waals surface area contributed by atoms with Crippen LogP contribution in [0.2, 0.25) is 0 Å². The molecule has 1 aliphatic heterocycles. The van der Waals surface area contributed by atoms with Gasteiger partial charge < -0.3 is 39.0 Å². The lowest BCUT2D eigenvalue weighted by atomic mass is 9.74. The van der Waals surface area contributed by atoms with Crippen LogP contribution >= 0.6 is 0 Å². The minimum Gasteiger partial charge on any atom is -0.462 e. The summed E-state index contributed by atoms with van der Waals surface area (Å²) in [6, 6.07) is -1.14. The van der Waals surface area contributed by atoms with Gasteiger partial charge in [-0.3, -0.25) is 28.8 Å². The summed E-state index contributed by atoms with van der Waals surface area (Å²) in [5.41, 5.74) is 0. The first-order chi connectivity index (χ1) is 51.3. The third-order valence-electron chi connectivity index (χ3n) is 23.0. The summed E-state index contributed by atoms with van der Waals surface area (Å²) in [5, 5.41) is 14.5. The number of ether oxygens (including phenoxy) is 5. The van der Waals surface area contributed by atoms with Crippen molar-refractivity contribution in [1.29, 1.82) is 0 Å². The molecule has 1 heterocycles. The maximum atomic E-state index is 15.0. The average Bonchev–Trinajstić information content (AvgIpc) is 1.15. The number of unbranched alkanes of at least 4 members (excludes halogenated alkanes) is 48. The molecule has 2 aliphatic rings. The summed E-state index contributed by atoms with van der Waals surface area (Å²) in [6.07, 6.45) is 62.9. The van der Waals surface area contributed by atoms with E-state index in [4.69, 9.17) is 23.7 Å². The molecule has 0 aromatic heterocycles. The Balaban J connectivity index is 2.49. The third-order valence-corrected chi connectivity index (χ3v) is 23.0. The van der Waals surface area contributed by atoms with Crippen LogP contribution in [-0.2, 0) is 52.5 Å². The Bertz CT molecular complexity index is 2060. The molecule has 1 aliphatic carbocycles. The molecule has 1 saturated heterocycles. The van der Waals surface area contributed by atoms with E-state index < -0.39 is 48.4 Å². The molecule has 2 N–H and O–H groups in total. The van der Waals surface area contributed by atoms with Crippen LogP contribution in [0.25, 0.3) is 0 Å². The number of nitrogens with zero attached hydrogens (tertiary/aromatic N) is 1. The Morgan fingerprint density at radius 1 is 0.390 bits per heavy atom. The van der Waals surface area contributed by atoms with Crippen LogP contribution in [-0.4, -0.2) is 108 Å². The Hall–Kier alpha value is -3.26. The third kappa shape index (κ3) is 53.3. The number of aliphatic hydroxyl groups excluding tert-OH is 1. The van der Waals surface area contributed by atoms with Crippen molar-refractivity contribution in [3.05, 3.63) is 0 Å². The number of carbonyl (C=O) groups excluding carboxylic acids is 6. The first-order valence-corrected chi connectivity index (χ1v) is 45.9. The molecular weight excluding hydrogens is 1310 g/mol. The number of nitrogens with one attached hydrogen (secondary N) is 1. The van der Waals surface area contributed by atoms with E-state index in [0.717, 1.165) is 135 Å². The highest BCUT2D eigenvalue weighted by Crippen LogP contribution is 2.36. The van der Waals surface area contributed by atoms with Crippen molar-refractivity contribution < 1.29 is 57.6 Å². The second-order valence-electron chi connectivity index (χ2n) is 32.9. The molecule has 2 amide bonds. The first-order valence-electron chi connectivity index (χ1n) is 45.9. The largest absolute Gasteiger partial charge is 0.462 e. The summed E-state index contributed by atoms with van der Waals surface area (Å²) in [6.45, 7) is 15.9. The van der Waals surface area contributed by atoms with Crippen LogP contribution in [0.4, 0.5) is 0 Å². The molecule has 14 nitrogen and oxygen atoms in total. The van der Waals surface area contributed by atoms with Gasteiger partial charge in [-0.05, 0) is 83.0 Å². The van der Waals surface area contributed by atoms with Gasteiger partial charge in [-0.15, -0.1) is 0 Å². The zero-order valence-electron chi connectivity index (χ0n) is 69.9. The van der Waals surface area contributed by atoms with Crippen molar-refractivity contribution in [2.24, 2.45) is 11.8 Å². The molecule has 9 atom stereocenters. The quantitative estimate of drug-likeness (QED) is 0.0334. The van der Waals surface area contributed by atoms with Gasteiger partial charge in [0.1, 0.15) is 24.4 Å². The minimum atomic E-state index is -0.929. The molecule has 1 saturated carbocycles. The van der Waals surface area contributed by atoms with Gasteiger partial charge in [0, 0.05) is 38.3 Å². The van der Waals surface area contributed by atoms with Crippen LogP contribution in [0.15, 0.2) is 0 Å². The molecule has 2 unspecified atom stereocenters. The smallest absolute Gasteiger partial charge is 0.309 e. The van der Waals surface area contributed by atoms with E-state index in [1.807, 2.05) is 11.8 Å². The molecule has 0 bridgehead atoms. The van der Waals surface area contributed by atoms with E-state index in [-0.39, 0.29) is 74.2 Å². The topological polar surface area (TPSA) is 184 Å². The summed E-state index contributed by atoms with van der Waals surface area (Å²) in [4.78, 5) is 87.3. The van der Waals surface area contributed by atoms with E-state index in [1.54, 1.807) is 0 Å². The van der Waals surface area contributed by atoms with Gasteiger partial charge in [0.15, 0.2) is 0 Å². The SMILES string of the molecule is CCCCCCCCCCCC(=O)O[C@H](CCCCCCCCCCC)CC(=O)NC1[C@@H](OC(=O)C[C@@H](CCCCCCCCCCC)OC(=O)CCCCCCCCCCC)[C@H](C)C(CO)C[C@H]1OC[C@@H]1CCCN1C(=O)C[C@@H](CCCCCCCCCCC)OC(=O)CCCCCCCCCCC. The molecule has 616 valence electrons. The Labute approximate surface area is 646 Å². The van der Waals surface area contributed by atoms with Gasteiger partial charge in [0.2, 0.25) is 11.8 Å². The standard InChI is InChI=1S/C91H170N2O12/c1-8-14-20-26-32-38-44-50-56-64-80(102-86(97)67-59-53-47-41-35-29-23-17-11-4)72-84(95)92-90-83(101-76-79-63-62-70-93(79)85(96)73-81(65-57-51-45-39-33-27-21-15-9-2)103-87(98)68-60-54-48-42-36-30-24-18-12-5)71-78(75-94)77(7)91(90)105-89(100)74-82(66-58-52-46-40-34-28-22-16-10-3)104-88(99)69-61-55-49-43-37-31-25-19-13-6/h77-83,90-91,94H,8-76H2,1-7H3,(H,92,95)/t77-,78?,79+,80-,81-,82-,83-,90?,91+/m1/s1. The number of esters is 4. The number of hydrogen-bond donors (Lipinski definition) is 2. The summed E-state index contributed by atoms with van der Waals surface area (Å²) in [5.74, 6) is -2.48. The molecule has 0 spiro atoms. The van der Waals surface area contributed by atoms with Crippen LogP contribution in [0, 0.1) is 11.8 Å². The van der Waals surface area contributed by atoms with Crippen LogP contribution in [0.5, 0.6) is 0 Å². The molecule has 2 fully saturated rings. The lowest BCUT2D eigenvalue weighted by molar-refractivity contribution is -0.173. The highest BCUT2D eigenvalue weighted by molar-refractivity contribution is 5.79. The second kappa shape index (κ2) is 69.9. The molecule has 0 radical (unpaired) electrons. The van der Waals surface area contributed by atoms with Gasteiger partial charge in [0.05, 0.1) is 44.1 Å². The van der Waals surface area contributed by atoms with Crippen molar-refractivity contribution in [2.75, 3.05) is 19.8 Å².